The fourth-order valence-electron chi connectivity index (χ4n) is 5.95. The molecule has 1 aromatic carbocycles. The van der Waals surface area contributed by atoms with Crippen LogP contribution in [0.5, 0.6) is 0 Å². The van der Waals surface area contributed by atoms with E-state index >= 15 is 0 Å². The fraction of sp³-hybridized carbons (Fsp3) is 0.800. The molecule has 46 heavy (non-hydrogen) atoms. The molecule has 0 saturated heterocycles. The molecule has 266 valence electrons. The summed E-state index contributed by atoms with van der Waals surface area (Å²) in [6.45, 7) is 7.54. The molecule has 0 radical (unpaired) electrons. The van der Waals surface area contributed by atoms with Gasteiger partial charge in [-0.1, -0.05) is 155 Å². The Bertz CT molecular complexity index is 819. The Morgan fingerprint density at radius 2 is 0.674 bits per heavy atom. The lowest BCUT2D eigenvalue weighted by atomic mass is 10.0. The maximum absolute atomic E-state index is 12.6. The van der Waals surface area contributed by atoms with Crippen molar-refractivity contribution in [1.82, 2.24) is 0 Å². The third kappa shape index (κ3) is 22.6. The SMILES string of the molecule is CCCCCCCCCCCCCCC(C)(O)OC(=O)c1ccc(C(=O)OC(C)(O)CCCCCCCCCCCCCC)cc1. The van der Waals surface area contributed by atoms with Gasteiger partial charge in [0.15, 0.2) is 0 Å². The minimum absolute atomic E-state index is 0.245. The van der Waals surface area contributed by atoms with Crippen LogP contribution < -0.4 is 0 Å². The number of carbonyl (C=O) groups excluding carboxylic acids is 2. The zero-order valence-electron chi connectivity index (χ0n) is 30.2. The molecule has 0 aromatic heterocycles. The second kappa shape index (κ2) is 26.1. The lowest BCUT2D eigenvalue weighted by molar-refractivity contribution is -0.157. The molecule has 2 N–H and O–H groups in total. The Hall–Kier alpha value is -1.92. The van der Waals surface area contributed by atoms with Gasteiger partial charge in [0.25, 0.3) is 0 Å². The van der Waals surface area contributed by atoms with Gasteiger partial charge in [-0.3, -0.25) is 0 Å². The van der Waals surface area contributed by atoms with Crippen LogP contribution in [0, 0.1) is 0 Å². The molecule has 1 aromatic rings. The summed E-state index contributed by atoms with van der Waals surface area (Å²) in [5.41, 5.74) is 0.490. The molecule has 0 heterocycles. The first-order valence-electron chi connectivity index (χ1n) is 19.1. The Morgan fingerprint density at radius 1 is 0.457 bits per heavy atom. The van der Waals surface area contributed by atoms with Crippen LogP contribution in [0.1, 0.15) is 215 Å². The van der Waals surface area contributed by atoms with Crippen molar-refractivity contribution in [2.45, 2.75) is 206 Å². The first kappa shape index (κ1) is 42.1. The number of unbranched alkanes of at least 4 members (excludes halogenated alkanes) is 22. The number of esters is 2. The minimum Gasteiger partial charge on any atom is -0.430 e. The number of hydrogen-bond donors (Lipinski definition) is 2. The van der Waals surface area contributed by atoms with Crippen LogP contribution in [0.15, 0.2) is 24.3 Å². The third-order valence-corrected chi connectivity index (χ3v) is 8.97. The lowest BCUT2D eigenvalue weighted by Crippen LogP contribution is -2.32. The summed E-state index contributed by atoms with van der Waals surface area (Å²) in [4.78, 5) is 25.3. The van der Waals surface area contributed by atoms with Gasteiger partial charge < -0.3 is 19.7 Å². The van der Waals surface area contributed by atoms with Gasteiger partial charge in [0.05, 0.1) is 11.1 Å². The van der Waals surface area contributed by atoms with E-state index in [9.17, 15) is 19.8 Å². The van der Waals surface area contributed by atoms with Gasteiger partial charge in [-0.05, 0) is 37.1 Å². The topological polar surface area (TPSA) is 93.1 Å². The number of carbonyl (C=O) groups is 2. The fourth-order valence-corrected chi connectivity index (χ4v) is 5.95. The normalized spacial score (nSPS) is 14.0. The van der Waals surface area contributed by atoms with E-state index in [4.69, 9.17) is 9.47 Å². The average Bonchev–Trinajstić information content (AvgIpc) is 3.01. The molecule has 0 bridgehead atoms. The van der Waals surface area contributed by atoms with Gasteiger partial charge in [-0.2, -0.15) is 0 Å². The Labute approximate surface area is 282 Å². The summed E-state index contributed by atoms with van der Waals surface area (Å²) in [6, 6.07) is 5.94. The van der Waals surface area contributed by atoms with Crippen molar-refractivity contribution in [3.8, 4) is 0 Å². The second-order valence-electron chi connectivity index (χ2n) is 14.0. The quantitative estimate of drug-likeness (QED) is 0.0491. The van der Waals surface area contributed by atoms with Gasteiger partial charge in [0, 0.05) is 26.7 Å². The van der Waals surface area contributed by atoms with Gasteiger partial charge >= 0.3 is 11.9 Å². The van der Waals surface area contributed by atoms with Crippen molar-refractivity contribution in [2.24, 2.45) is 0 Å². The molecule has 0 amide bonds. The molecule has 0 aliphatic heterocycles. The molecule has 2 unspecified atom stereocenters. The van der Waals surface area contributed by atoms with Crippen LogP contribution in [0.25, 0.3) is 0 Å². The van der Waals surface area contributed by atoms with Crippen molar-refractivity contribution in [3.63, 3.8) is 0 Å². The van der Waals surface area contributed by atoms with Gasteiger partial charge in [-0.15, -0.1) is 0 Å². The lowest BCUT2D eigenvalue weighted by Gasteiger charge is -2.24. The number of rotatable bonds is 30. The van der Waals surface area contributed by atoms with E-state index in [2.05, 4.69) is 13.8 Å². The van der Waals surface area contributed by atoms with E-state index < -0.39 is 23.5 Å². The van der Waals surface area contributed by atoms with E-state index in [-0.39, 0.29) is 11.1 Å². The summed E-state index contributed by atoms with van der Waals surface area (Å²) in [5.74, 6) is -4.36. The van der Waals surface area contributed by atoms with E-state index in [1.165, 1.54) is 154 Å². The molecule has 0 spiro atoms. The molecule has 0 fully saturated rings. The van der Waals surface area contributed by atoms with Crippen LogP contribution >= 0.6 is 0 Å². The largest absolute Gasteiger partial charge is 0.430 e. The van der Waals surface area contributed by atoms with Crippen molar-refractivity contribution < 1.29 is 29.3 Å². The monoisotopic (exact) mass is 647 g/mol. The molecule has 2 atom stereocenters. The van der Waals surface area contributed by atoms with E-state index in [1.807, 2.05) is 0 Å². The maximum Gasteiger partial charge on any atom is 0.340 e. The number of hydrogen-bond acceptors (Lipinski definition) is 6. The molecular formula is C40H70O6. The van der Waals surface area contributed by atoms with Crippen molar-refractivity contribution >= 4 is 11.9 Å². The number of benzene rings is 1. The summed E-state index contributed by atoms with van der Waals surface area (Å²) >= 11 is 0. The highest BCUT2D eigenvalue weighted by molar-refractivity contribution is 5.93. The zero-order chi connectivity index (χ0) is 33.9. The Kier molecular flexibility index (Phi) is 23.9. The second-order valence-corrected chi connectivity index (χ2v) is 14.0. The summed E-state index contributed by atoms with van der Waals surface area (Å²) in [7, 11) is 0. The van der Waals surface area contributed by atoms with Crippen LogP contribution in [0.3, 0.4) is 0 Å². The van der Waals surface area contributed by atoms with Gasteiger partial charge in [0.2, 0.25) is 11.6 Å². The van der Waals surface area contributed by atoms with Crippen LogP contribution in [-0.4, -0.2) is 33.7 Å². The maximum atomic E-state index is 12.6. The van der Waals surface area contributed by atoms with E-state index in [0.29, 0.717) is 12.8 Å². The van der Waals surface area contributed by atoms with Gasteiger partial charge in [0.1, 0.15) is 0 Å². The number of ether oxygens (including phenoxy) is 2. The molecule has 6 nitrogen and oxygen atoms in total. The van der Waals surface area contributed by atoms with Gasteiger partial charge in [-0.25, -0.2) is 9.59 Å². The first-order valence-corrected chi connectivity index (χ1v) is 19.1. The smallest absolute Gasteiger partial charge is 0.340 e. The predicted octanol–water partition coefficient (Wildman–Crippen LogP) is 11.6. The minimum atomic E-state index is -1.54. The van der Waals surface area contributed by atoms with Crippen LogP contribution in [0.4, 0.5) is 0 Å². The molecule has 0 saturated carbocycles. The highest BCUT2D eigenvalue weighted by Crippen LogP contribution is 2.22. The van der Waals surface area contributed by atoms with E-state index in [0.717, 1.165) is 38.5 Å². The molecule has 0 aliphatic carbocycles. The zero-order valence-corrected chi connectivity index (χ0v) is 30.2. The van der Waals surface area contributed by atoms with Crippen molar-refractivity contribution in [1.29, 1.82) is 0 Å². The standard InChI is InChI=1S/C40H70O6/c1-5-7-9-11-13-15-17-19-21-23-25-27-33-39(3,43)45-37(41)35-29-31-36(32-30-35)38(42)46-40(4,44)34-28-26-24-22-20-18-16-14-12-10-8-6-2/h29-32,43-44H,5-28,33-34H2,1-4H3. The Morgan fingerprint density at radius 3 is 0.913 bits per heavy atom. The summed E-state index contributed by atoms with van der Waals surface area (Å²) in [5, 5.41) is 21.2. The third-order valence-electron chi connectivity index (χ3n) is 8.97. The summed E-state index contributed by atoms with van der Waals surface area (Å²) in [6.07, 6.45) is 30.3. The summed E-state index contributed by atoms with van der Waals surface area (Å²) < 4.78 is 10.7. The van der Waals surface area contributed by atoms with E-state index in [1.54, 1.807) is 0 Å². The predicted molar refractivity (Wildman–Crippen MR) is 190 cm³/mol. The van der Waals surface area contributed by atoms with Crippen LogP contribution in [0.2, 0.25) is 0 Å². The highest BCUT2D eigenvalue weighted by Gasteiger charge is 2.27. The number of aliphatic hydroxyl groups is 2. The first-order chi connectivity index (χ1) is 22.1. The van der Waals surface area contributed by atoms with Crippen LogP contribution in [-0.2, 0) is 9.47 Å². The molecule has 6 heteroatoms. The van der Waals surface area contributed by atoms with Crippen molar-refractivity contribution in [3.05, 3.63) is 35.4 Å². The van der Waals surface area contributed by atoms with Crippen molar-refractivity contribution in [2.75, 3.05) is 0 Å². The average molecular weight is 647 g/mol. The molecule has 0 aliphatic rings. The Balaban J connectivity index is 2.23. The molecule has 1 rings (SSSR count). The molecular weight excluding hydrogens is 576 g/mol. The highest BCUT2D eigenvalue weighted by atomic mass is 16.7.